The van der Waals surface area contributed by atoms with E-state index >= 15 is 0 Å². The maximum absolute atomic E-state index is 12.3. The zero-order chi connectivity index (χ0) is 12.9. The SMILES string of the molecule is CCN(CC#N)Cc1ccc(C(F)(F)F)cc1. The Bertz CT molecular complexity index is 390. The lowest BCUT2D eigenvalue weighted by atomic mass is 10.1. The summed E-state index contributed by atoms with van der Waals surface area (Å²) in [5, 5.41) is 8.56. The largest absolute Gasteiger partial charge is 0.416 e. The van der Waals surface area contributed by atoms with Crippen molar-refractivity contribution in [2.75, 3.05) is 13.1 Å². The second kappa shape index (κ2) is 5.69. The molecule has 1 aromatic carbocycles. The molecule has 0 spiro atoms. The van der Waals surface area contributed by atoms with Crippen LogP contribution < -0.4 is 0 Å². The first-order valence-corrected chi connectivity index (χ1v) is 5.22. The molecule has 2 nitrogen and oxygen atoms in total. The Labute approximate surface area is 98.3 Å². The van der Waals surface area contributed by atoms with Crippen molar-refractivity contribution in [3.05, 3.63) is 35.4 Å². The molecule has 0 N–H and O–H groups in total. The van der Waals surface area contributed by atoms with Crippen molar-refractivity contribution < 1.29 is 13.2 Å². The molecule has 0 aliphatic heterocycles. The molecule has 0 aliphatic rings. The molecule has 0 heterocycles. The molecule has 0 radical (unpaired) electrons. The van der Waals surface area contributed by atoms with Gasteiger partial charge in [-0.15, -0.1) is 0 Å². The number of nitriles is 1. The number of hydrogen-bond acceptors (Lipinski definition) is 2. The highest BCUT2D eigenvalue weighted by Gasteiger charge is 2.29. The van der Waals surface area contributed by atoms with Crippen molar-refractivity contribution in [3.8, 4) is 6.07 Å². The Morgan fingerprint density at radius 1 is 1.24 bits per heavy atom. The van der Waals surface area contributed by atoms with E-state index in [1.807, 2.05) is 17.9 Å². The van der Waals surface area contributed by atoms with Crippen LogP contribution in [0.5, 0.6) is 0 Å². The molecule has 17 heavy (non-hydrogen) atoms. The molecule has 1 aromatic rings. The first-order valence-electron chi connectivity index (χ1n) is 5.22. The van der Waals surface area contributed by atoms with Gasteiger partial charge >= 0.3 is 6.18 Å². The third-order valence-corrected chi connectivity index (χ3v) is 2.43. The maximum atomic E-state index is 12.3. The second-order valence-electron chi connectivity index (χ2n) is 3.66. The van der Waals surface area contributed by atoms with E-state index in [-0.39, 0.29) is 6.54 Å². The van der Waals surface area contributed by atoms with E-state index in [0.29, 0.717) is 13.1 Å². The van der Waals surface area contributed by atoms with E-state index in [1.54, 1.807) is 0 Å². The summed E-state index contributed by atoms with van der Waals surface area (Å²) >= 11 is 0. The fraction of sp³-hybridized carbons (Fsp3) is 0.417. The lowest BCUT2D eigenvalue weighted by molar-refractivity contribution is -0.137. The average molecular weight is 242 g/mol. The van der Waals surface area contributed by atoms with Crippen LogP contribution in [0.15, 0.2) is 24.3 Å². The van der Waals surface area contributed by atoms with Gasteiger partial charge < -0.3 is 0 Å². The van der Waals surface area contributed by atoms with Gasteiger partial charge in [0.15, 0.2) is 0 Å². The monoisotopic (exact) mass is 242 g/mol. The van der Waals surface area contributed by atoms with Gasteiger partial charge in [0.2, 0.25) is 0 Å². The minimum atomic E-state index is -4.30. The third-order valence-electron chi connectivity index (χ3n) is 2.43. The van der Waals surface area contributed by atoms with Crippen LogP contribution >= 0.6 is 0 Å². The van der Waals surface area contributed by atoms with Gasteiger partial charge in [0.25, 0.3) is 0 Å². The number of rotatable bonds is 4. The Morgan fingerprint density at radius 2 is 1.82 bits per heavy atom. The van der Waals surface area contributed by atoms with Crippen molar-refractivity contribution in [2.24, 2.45) is 0 Å². The second-order valence-corrected chi connectivity index (χ2v) is 3.66. The molecule has 1 rings (SSSR count). The number of alkyl halides is 3. The van der Waals surface area contributed by atoms with Crippen LogP contribution in [0.25, 0.3) is 0 Å². The topological polar surface area (TPSA) is 27.0 Å². The minimum Gasteiger partial charge on any atom is -0.287 e. The van der Waals surface area contributed by atoms with Gasteiger partial charge in [-0.25, -0.2) is 0 Å². The van der Waals surface area contributed by atoms with Gasteiger partial charge in [0.1, 0.15) is 0 Å². The smallest absolute Gasteiger partial charge is 0.287 e. The number of benzene rings is 1. The lowest BCUT2D eigenvalue weighted by Crippen LogP contribution is -2.23. The van der Waals surface area contributed by atoms with Crippen molar-refractivity contribution in [1.29, 1.82) is 5.26 Å². The van der Waals surface area contributed by atoms with Crippen molar-refractivity contribution in [2.45, 2.75) is 19.6 Å². The molecule has 0 unspecified atom stereocenters. The van der Waals surface area contributed by atoms with E-state index in [0.717, 1.165) is 17.7 Å². The Hall–Kier alpha value is -1.54. The van der Waals surface area contributed by atoms with Crippen LogP contribution in [0.4, 0.5) is 13.2 Å². The van der Waals surface area contributed by atoms with Crippen LogP contribution in [0.3, 0.4) is 0 Å². The van der Waals surface area contributed by atoms with Crippen molar-refractivity contribution in [1.82, 2.24) is 4.90 Å². The van der Waals surface area contributed by atoms with Gasteiger partial charge in [0.05, 0.1) is 18.2 Å². The zero-order valence-electron chi connectivity index (χ0n) is 9.46. The number of halogens is 3. The number of nitrogens with zero attached hydrogens (tertiary/aromatic N) is 2. The molecule has 0 saturated heterocycles. The van der Waals surface area contributed by atoms with E-state index in [1.165, 1.54) is 12.1 Å². The normalized spacial score (nSPS) is 11.5. The van der Waals surface area contributed by atoms with Crippen LogP contribution in [-0.4, -0.2) is 18.0 Å². The summed E-state index contributed by atoms with van der Waals surface area (Å²) < 4.78 is 36.9. The fourth-order valence-electron chi connectivity index (χ4n) is 1.44. The standard InChI is InChI=1S/C12H13F3N2/c1-2-17(8-7-16)9-10-3-5-11(6-4-10)12(13,14)15/h3-6H,2,8-9H2,1H3. The summed E-state index contributed by atoms with van der Waals surface area (Å²) in [7, 11) is 0. The van der Waals surface area contributed by atoms with Gasteiger partial charge in [-0.1, -0.05) is 19.1 Å². The molecule has 0 fully saturated rings. The summed E-state index contributed by atoms with van der Waals surface area (Å²) in [6.45, 7) is 3.36. The van der Waals surface area contributed by atoms with Gasteiger partial charge in [-0.05, 0) is 24.2 Å². The van der Waals surface area contributed by atoms with E-state index < -0.39 is 11.7 Å². The molecule has 0 amide bonds. The molecule has 92 valence electrons. The summed E-state index contributed by atoms with van der Waals surface area (Å²) in [5.41, 5.74) is 0.125. The molecule has 0 saturated carbocycles. The molecule has 0 bridgehead atoms. The number of hydrogen-bond donors (Lipinski definition) is 0. The van der Waals surface area contributed by atoms with Crippen molar-refractivity contribution in [3.63, 3.8) is 0 Å². The highest BCUT2D eigenvalue weighted by Crippen LogP contribution is 2.29. The fourth-order valence-corrected chi connectivity index (χ4v) is 1.44. The highest BCUT2D eigenvalue weighted by molar-refractivity contribution is 5.24. The summed E-state index contributed by atoms with van der Waals surface area (Å²) in [6.07, 6.45) is -4.30. The zero-order valence-corrected chi connectivity index (χ0v) is 9.46. The summed E-state index contributed by atoms with van der Waals surface area (Å²) in [4.78, 5) is 1.85. The molecular formula is C12H13F3N2. The first-order chi connectivity index (χ1) is 7.97. The predicted molar refractivity (Wildman–Crippen MR) is 58.0 cm³/mol. The van der Waals surface area contributed by atoms with Crippen LogP contribution in [-0.2, 0) is 12.7 Å². The van der Waals surface area contributed by atoms with Gasteiger partial charge in [0, 0.05) is 6.54 Å². The van der Waals surface area contributed by atoms with Crippen molar-refractivity contribution >= 4 is 0 Å². The predicted octanol–water partition coefficient (Wildman–Crippen LogP) is 3.05. The molecule has 0 atom stereocenters. The maximum Gasteiger partial charge on any atom is 0.416 e. The third kappa shape index (κ3) is 4.08. The van der Waals surface area contributed by atoms with Gasteiger partial charge in [-0.3, -0.25) is 4.90 Å². The average Bonchev–Trinajstić information content (AvgIpc) is 2.28. The summed E-state index contributed by atoms with van der Waals surface area (Å²) in [6, 6.07) is 7.05. The lowest BCUT2D eigenvalue weighted by Gasteiger charge is -2.16. The van der Waals surface area contributed by atoms with Crippen LogP contribution in [0.1, 0.15) is 18.1 Å². The Balaban J connectivity index is 2.72. The molecule has 0 aromatic heterocycles. The van der Waals surface area contributed by atoms with E-state index in [2.05, 4.69) is 0 Å². The van der Waals surface area contributed by atoms with Gasteiger partial charge in [-0.2, -0.15) is 18.4 Å². The van der Waals surface area contributed by atoms with E-state index in [9.17, 15) is 13.2 Å². The summed E-state index contributed by atoms with van der Waals surface area (Å²) in [5.74, 6) is 0. The minimum absolute atomic E-state index is 0.275. The molecular weight excluding hydrogens is 229 g/mol. The Morgan fingerprint density at radius 3 is 2.24 bits per heavy atom. The first kappa shape index (κ1) is 13.5. The molecule has 0 aliphatic carbocycles. The quantitative estimate of drug-likeness (QED) is 0.759. The molecule has 5 heteroatoms. The van der Waals surface area contributed by atoms with Crippen LogP contribution in [0, 0.1) is 11.3 Å². The van der Waals surface area contributed by atoms with E-state index in [4.69, 9.17) is 5.26 Å². The van der Waals surface area contributed by atoms with Crippen LogP contribution in [0.2, 0.25) is 0 Å². The highest BCUT2D eigenvalue weighted by atomic mass is 19.4. The Kier molecular flexibility index (Phi) is 4.53.